The predicted octanol–water partition coefficient (Wildman–Crippen LogP) is 5.23. The minimum absolute atomic E-state index is 0.182. The molecule has 0 aliphatic rings. The fourth-order valence-electron chi connectivity index (χ4n) is 3.32. The number of hydrogen-bond donors (Lipinski definition) is 3. The largest absolute Gasteiger partial charge is 0.497 e. The van der Waals surface area contributed by atoms with Crippen LogP contribution in [0.5, 0.6) is 17.2 Å². The summed E-state index contributed by atoms with van der Waals surface area (Å²) in [6.45, 7) is 0. The van der Waals surface area contributed by atoms with E-state index < -0.39 is 35.3 Å². The number of aromatic nitrogens is 3. The molecule has 0 unspecified atom stereocenters. The lowest BCUT2D eigenvalue weighted by Gasteiger charge is -2.12. The second kappa shape index (κ2) is 11.1. The zero-order valence-corrected chi connectivity index (χ0v) is 20.3. The third kappa shape index (κ3) is 6.23. The number of nitrogens with one attached hydrogen (secondary N) is 3. The van der Waals surface area contributed by atoms with E-state index >= 15 is 0 Å². The van der Waals surface area contributed by atoms with Crippen LogP contribution in [0.25, 0.3) is 5.69 Å². The van der Waals surface area contributed by atoms with E-state index in [0.717, 1.165) is 4.68 Å². The molecular formula is C25H20F4N6O4. The van der Waals surface area contributed by atoms with Gasteiger partial charge in [-0.25, -0.2) is 18.9 Å². The molecule has 0 saturated heterocycles. The van der Waals surface area contributed by atoms with Gasteiger partial charge in [0.05, 0.1) is 12.8 Å². The molecule has 4 rings (SSSR count). The Labute approximate surface area is 218 Å². The number of benzene rings is 2. The molecule has 3 N–H and O–H groups in total. The maximum Gasteiger partial charge on any atom is 0.435 e. The van der Waals surface area contributed by atoms with E-state index in [1.165, 1.54) is 75.0 Å². The van der Waals surface area contributed by atoms with Crippen LogP contribution in [0.4, 0.5) is 33.9 Å². The SMILES string of the molecule is CNC(=O)c1nccc(Oc2ccc(NC(=O)Nc3cc(C(F)(F)F)nn3-c3ccc(OC)cc3)cc2)c1F. The number of alkyl halides is 3. The molecule has 0 saturated carbocycles. The zero-order valence-electron chi connectivity index (χ0n) is 20.3. The molecule has 0 aliphatic heterocycles. The Kier molecular flexibility index (Phi) is 7.65. The molecular weight excluding hydrogens is 524 g/mol. The summed E-state index contributed by atoms with van der Waals surface area (Å²) < 4.78 is 65.9. The molecule has 3 amide bonds. The van der Waals surface area contributed by atoms with Crippen molar-refractivity contribution < 1.29 is 36.6 Å². The normalized spacial score (nSPS) is 11.0. The molecule has 4 aromatic rings. The number of hydrogen-bond acceptors (Lipinski definition) is 6. The van der Waals surface area contributed by atoms with E-state index in [1.807, 2.05) is 0 Å². The molecule has 2 heterocycles. The lowest BCUT2D eigenvalue weighted by Crippen LogP contribution is -2.21. The van der Waals surface area contributed by atoms with Crippen LogP contribution in [0.2, 0.25) is 0 Å². The third-order valence-corrected chi connectivity index (χ3v) is 5.19. The Morgan fingerprint density at radius 2 is 1.62 bits per heavy atom. The minimum Gasteiger partial charge on any atom is -0.497 e. The number of pyridine rings is 1. The van der Waals surface area contributed by atoms with Crippen molar-refractivity contribution in [3.63, 3.8) is 0 Å². The van der Waals surface area contributed by atoms with Crippen molar-refractivity contribution in [2.24, 2.45) is 0 Å². The van der Waals surface area contributed by atoms with Crippen molar-refractivity contribution >= 4 is 23.4 Å². The molecule has 10 nitrogen and oxygen atoms in total. The van der Waals surface area contributed by atoms with Crippen LogP contribution in [0.3, 0.4) is 0 Å². The summed E-state index contributed by atoms with van der Waals surface area (Å²) in [7, 11) is 2.78. The summed E-state index contributed by atoms with van der Waals surface area (Å²) >= 11 is 0. The molecule has 2 aromatic carbocycles. The molecule has 2 aromatic heterocycles. The zero-order chi connectivity index (χ0) is 28.2. The van der Waals surface area contributed by atoms with Crippen LogP contribution in [0.15, 0.2) is 66.9 Å². The lowest BCUT2D eigenvalue weighted by atomic mass is 10.3. The number of halogens is 4. The number of ether oxygens (including phenoxy) is 2. The van der Waals surface area contributed by atoms with E-state index in [9.17, 15) is 27.2 Å². The number of nitrogens with zero attached hydrogens (tertiary/aromatic N) is 3. The number of carbonyl (C=O) groups is 2. The molecule has 0 atom stereocenters. The first-order valence-electron chi connectivity index (χ1n) is 11.1. The molecule has 14 heteroatoms. The number of amides is 3. The average molecular weight is 544 g/mol. The second-order valence-corrected chi connectivity index (χ2v) is 7.78. The van der Waals surface area contributed by atoms with Gasteiger partial charge in [0.1, 0.15) is 17.3 Å². The summed E-state index contributed by atoms with van der Waals surface area (Å²) in [4.78, 5) is 28.0. The highest BCUT2D eigenvalue weighted by atomic mass is 19.4. The first-order chi connectivity index (χ1) is 18.6. The first kappa shape index (κ1) is 26.9. The molecule has 0 aliphatic carbocycles. The second-order valence-electron chi connectivity index (χ2n) is 7.78. The van der Waals surface area contributed by atoms with Gasteiger partial charge in [-0.15, -0.1) is 0 Å². The quantitative estimate of drug-likeness (QED) is 0.274. The van der Waals surface area contributed by atoms with Crippen LogP contribution in [0.1, 0.15) is 16.2 Å². The number of carbonyl (C=O) groups excluding carboxylic acids is 2. The molecule has 39 heavy (non-hydrogen) atoms. The van der Waals surface area contributed by atoms with Crippen molar-refractivity contribution in [1.82, 2.24) is 20.1 Å². The summed E-state index contributed by atoms with van der Waals surface area (Å²) in [5, 5.41) is 10.7. The molecule has 0 bridgehead atoms. The maximum absolute atomic E-state index is 14.5. The van der Waals surface area contributed by atoms with Gasteiger partial charge in [-0.05, 0) is 48.5 Å². The van der Waals surface area contributed by atoms with Crippen molar-refractivity contribution in [3.8, 4) is 22.9 Å². The molecule has 0 fully saturated rings. The number of urea groups is 1. The van der Waals surface area contributed by atoms with Gasteiger partial charge in [0.25, 0.3) is 5.91 Å². The molecule has 202 valence electrons. The van der Waals surface area contributed by atoms with Gasteiger partial charge >= 0.3 is 12.2 Å². The van der Waals surface area contributed by atoms with Gasteiger partial charge in [0.2, 0.25) is 0 Å². The van der Waals surface area contributed by atoms with E-state index in [0.29, 0.717) is 11.8 Å². The number of anilines is 2. The van der Waals surface area contributed by atoms with Crippen LogP contribution in [-0.4, -0.2) is 40.9 Å². The van der Waals surface area contributed by atoms with Gasteiger partial charge in [0, 0.05) is 31.1 Å². The summed E-state index contributed by atoms with van der Waals surface area (Å²) in [6, 6.07) is 12.8. The Bertz CT molecular complexity index is 1490. The van der Waals surface area contributed by atoms with Gasteiger partial charge in [-0.1, -0.05) is 0 Å². The van der Waals surface area contributed by atoms with Crippen molar-refractivity contribution in [2.45, 2.75) is 6.18 Å². The first-order valence-corrected chi connectivity index (χ1v) is 11.1. The third-order valence-electron chi connectivity index (χ3n) is 5.19. The van der Waals surface area contributed by atoms with Crippen molar-refractivity contribution in [1.29, 1.82) is 0 Å². The van der Waals surface area contributed by atoms with E-state index in [2.05, 4.69) is 26.0 Å². The van der Waals surface area contributed by atoms with E-state index in [-0.39, 0.29) is 28.7 Å². The highest BCUT2D eigenvalue weighted by molar-refractivity contribution is 5.99. The highest BCUT2D eigenvalue weighted by Gasteiger charge is 2.35. The Hall–Kier alpha value is -5.14. The number of methoxy groups -OCH3 is 1. The fourth-order valence-corrected chi connectivity index (χ4v) is 3.32. The Morgan fingerprint density at radius 3 is 2.23 bits per heavy atom. The van der Waals surface area contributed by atoms with Crippen molar-refractivity contribution in [2.75, 3.05) is 24.8 Å². The van der Waals surface area contributed by atoms with Crippen LogP contribution in [0, 0.1) is 5.82 Å². The van der Waals surface area contributed by atoms with Crippen LogP contribution < -0.4 is 25.4 Å². The van der Waals surface area contributed by atoms with Gasteiger partial charge < -0.3 is 20.1 Å². The topological polar surface area (TPSA) is 119 Å². The molecule has 0 spiro atoms. The van der Waals surface area contributed by atoms with Gasteiger partial charge in [-0.2, -0.15) is 18.3 Å². The summed E-state index contributed by atoms with van der Waals surface area (Å²) in [5.41, 5.74) is -1.12. The minimum atomic E-state index is -4.74. The Balaban J connectivity index is 1.48. The average Bonchev–Trinajstić information content (AvgIpc) is 3.34. The number of rotatable bonds is 7. The van der Waals surface area contributed by atoms with E-state index in [1.54, 1.807) is 0 Å². The monoisotopic (exact) mass is 544 g/mol. The lowest BCUT2D eigenvalue weighted by molar-refractivity contribution is -0.141. The van der Waals surface area contributed by atoms with Crippen LogP contribution in [-0.2, 0) is 6.18 Å². The van der Waals surface area contributed by atoms with Crippen molar-refractivity contribution in [3.05, 3.63) is 84.1 Å². The predicted molar refractivity (Wildman–Crippen MR) is 132 cm³/mol. The summed E-state index contributed by atoms with van der Waals surface area (Å²) in [5.74, 6) is -1.48. The molecule has 0 radical (unpaired) electrons. The summed E-state index contributed by atoms with van der Waals surface area (Å²) in [6.07, 6.45) is -3.53. The van der Waals surface area contributed by atoms with Crippen LogP contribution >= 0.6 is 0 Å². The van der Waals surface area contributed by atoms with Gasteiger partial charge in [0.15, 0.2) is 23.0 Å². The van der Waals surface area contributed by atoms with E-state index in [4.69, 9.17) is 9.47 Å². The smallest absolute Gasteiger partial charge is 0.435 e. The van der Waals surface area contributed by atoms with Gasteiger partial charge in [-0.3, -0.25) is 10.1 Å². The fraction of sp³-hybridized carbons (Fsp3) is 0.120. The maximum atomic E-state index is 14.5. The standard InChI is InChI=1S/C25H20F4N6O4/c1-30-23(36)22-21(26)18(11-12-31-22)39-17-7-3-14(4-8-17)32-24(37)33-20-13-19(25(27,28)29)34-35(20)15-5-9-16(38-2)10-6-15/h3-13H,1-2H3,(H,30,36)(H2,32,33,37). The highest BCUT2D eigenvalue weighted by Crippen LogP contribution is 2.32. The Morgan fingerprint density at radius 1 is 0.949 bits per heavy atom.